The Bertz CT molecular complexity index is 281. The van der Waals surface area contributed by atoms with Crippen molar-refractivity contribution in [1.29, 1.82) is 0 Å². The van der Waals surface area contributed by atoms with Crippen LogP contribution in [0.2, 0.25) is 0 Å². The molecule has 1 aliphatic rings. The molecule has 1 aliphatic carbocycles. The fourth-order valence-electron chi connectivity index (χ4n) is 2.24. The van der Waals surface area contributed by atoms with Gasteiger partial charge in [0, 0.05) is 20.1 Å². The fourth-order valence-corrected chi connectivity index (χ4v) is 2.24. The summed E-state index contributed by atoms with van der Waals surface area (Å²) in [4.78, 5) is 23.4. The number of nitrogens with zero attached hydrogens (tertiary/aromatic N) is 1. The van der Waals surface area contributed by atoms with E-state index < -0.39 is 5.97 Å². The third kappa shape index (κ3) is 4.63. The van der Waals surface area contributed by atoms with Crippen molar-refractivity contribution >= 4 is 12.0 Å². The molecule has 2 N–H and O–H groups in total. The minimum atomic E-state index is -0.880. The van der Waals surface area contributed by atoms with Crippen LogP contribution in [0.25, 0.3) is 0 Å². The van der Waals surface area contributed by atoms with E-state index >= 15 is 0 Å². The quantitative estimate of drug-likeness (QED) is 0.768. The molecule has 1 saturated carbocycles. The second-order valence-corrected chi connectivity index (χ2v) is 4.92. The molecule has 0 saturated heterocycles. The lowest BCUT2D eigenvalue weighted by molar-refractivity contribution is -0.137. The van der Waals surface area contributed by atoms with Crippen molar-refractivity contribution in [3.05, 3.63) is 0 Å². The highest BCUT2D eigenvalue weighted by molar-refractivity contribution is 5.74. The molecule has 5 nitrogen and oxygen atoms in total. The molecule has 0 aromatic rings. The van der Waals surface area contributed by atoms with Crippen molar-refractivity contribution in [1.82, 2.24) is 10.2 Å². The third-order valence-corrected chi connectivity index (χ3v) is 3.56. The van der Waals surface area contributed by atoms with E-state index in [0.717, 1.165) is 0 Å². The normalized spacial score (nSPS) is 23.4. The van der Waals surface area contributed by atoms with Gasteiger partial charge in [0.2, 0.25) is 0 Å². The van der Waals surface area contributed by atoms with Gasteiger partial charge >= 0.3 is 12.0 Å². The van der Waals surface area contributed by atoms with E-state index in [0.29, 0.717) is 18.4 Å². The minimum Gasteiger partial charge on any atom is -0.481 e. The number of carbonyl (C=O) groups excluding carboxylic acids is 1. The number of hydrogen-bond acceptors (Lipinski definition) is 2. The SMILES string of the molecule is CC1CCCC1CNC(=O)N(C)CCC(=O)O. The Morgan fingerprint density at radius 3 is 2.65 bits per heavy atom. The van der Waals surface area contributed by atoms with Crippen molar-refractivity contribution in [3.63, 3.8) is 0 Å². The maximum Gasteiger partial charge on any atom is 0.317 e. The molecule has 0 bridgehead atoms. The maximum absolute atomic E-state index is 11.6. The van der Waals surface area contributed by atoms with Crippen LogP contribution in [0.5, 0.6) is 0 Å². The van der Waals surface area contributed by atoms with Crippen molar-refractivity contribution < 1.29 is 14.7 Å². The van der Waals surface area contributed by atoms with Gasteiger partial charge in [-0.15, -0.1) is 0 Å². The van der Waals surface area contributed by atoms with E-state index in [1.165, 1.54) is 24.2 Å². The standard InChI is InChI=1S/C12H22N2O3/c1-9-4-3-5-10(9)8-13-12(17)14(2)7-6-11(15)16/h9-10H,3-8H2,1-2H3,(H,13,17)(H,15,16). The highest BCUT2D eigenvalue weighted by Gasteiger charge is 2.23. The van der Waals surface area contributed by atoms with E-state index in [2.05, 4.69) is 12.2 Å². The van der Waals surface area contributed by atoms with Gasteiger partial charge in [0.15, 0.2) is 0 Å². The lowest BCUT2D eigenvalue weighted by Gasteiger charge is -2.20. The number of rotatable bonds is 5. The van der Waals surface area contributed by atoms with Crippen molar-refractivity contribution in [2.24, 2.45) is 11.8 Å². The van der Waals surface area contributed by atoms with Crippen LogP contribution in [0.4, 0.5) is 4.79 Å². The summed E-state index contributed by atoms with van der Waals surface area (Å²) in [5.41, 5.74) is 0. The Morgan fingerprint density at radius 2 is 2.12 bits per heavy atom. The van der Waals surface area contributed by atoms with E-state index in [1.54, 1.807) is 7.05 Å². The summed E-state index contributed by atoms with van der Waals surface area (Å²) >= 11 is 0. The lowest BCUT2D eigenvalue weighted by Crippen LogP contribution is -2.40. The van der Waals surface area contributed by atoms with Crippen LogP contribution < -0.4 is 5.32 Å². The first-order valence-corrected chi connectivity index (χ1v) is 6.21. The van der Waals surface area contributed by atoms with E-state index in [-0.39, 0.29) is 19.0 Å². The zero-order valence-corrected chi connectivity index (χ0v) is 10.6. The summed E-state index contributed by atoms with van der Waals surface area (Å²) in [6, 6.07) is -0.176. The first-order valence-electron chi connectivity index (χ1n) is 6.21. The molecule has 0 aromatic carbocycles. The number of amides is 2. The van der Waals surface area contributed by atoms with Crippen molar-refractivity contribution in [2.75, 3.05) is 20.1 Å². The van der Waals surface area contributed by atoms with E-state index in [9.17, 15) is 9.59 Å². The lowest BCUT2D eigenvalue weighted by atomic mass is 9.98. The summed E-state index contributed by atoms with van der Waals surface area (Å²) in [7, 11) is 1.62. The van der Waals surface area contributed by atoms with Gasteiger partial charge in [-0.1, -0.05) is 19.8 Å². The molecule has 2 atom stereocenters. The van der Waals surface area contributed by atoms with Crippen LogP contribution in [-0.2, 0) is 4.79 Å². The molecule has 0 heterocycles. The molecule has 1 rings (SSSR count). The number of urea groups is 1. The number of carboxylic acid groups (broad SMARTS) is 1. The number of nitrogens with one attached hydrogen (secondary N) is 1. The predicted octanol–water partition coefficient (Wildman–Crippen LogP) is 1.54. The topological polar surface area (TPSA) is 69.6 Å². The van der Waals surface area contributed by atoms with Gasteiger partial charge in [-0.3, -0.25) is 4.79 Å². The monoisotopic (exact) mass is 242 g/mol. The zero-order chi connectivity index (χ0) is 12.8. The predicted molar refractivity (Wildman–Crippen MR) is 64.8 cm³/mol. The Morgan fingerprint density at radius 1 is 1.41 bits per heavy atom. The Balaban J connectivity index is 2.21. The first-order chi connectivity index (χ1) is 8.00. The zero-order valence-electron chi connectivity index (χ0n) is 10.6. The molecule has 0 radical (unpaired) electrons. The van der Waals surface area contributed by atoms with Crippen LogP contribution in [-0.4, -0.2) is 42.1 Å². The van der Waals surface area contributed by atoms with Gasteiger partial charge in [-0.05, 0) is 18.3 Å². The second-order valence-electron chi connectivity index (χ2n) is 4.92. The number of hydrogen-bond donors (Lipinski definition) is 2. The van der Waals surface area contributed by atoms with Gasteiger partial charge < -0.3 is 15.3 Å². The fraction of sp³-hybridized carbons (Fsp3) is 0.833. The average Bonchev–Trinajstić information content (AvgIpc) is 2.68. The number of carbonyl (C=O) groups is 2. The summed E-state index contributed by atoms with van der Waals surface area (Å²) < 4.78 is 0. The van der Waals surface area contributed by atoms with Crippen LogP contribution in [0.3, 0.4) is 0 Å². The van der Waals surface area contributed by atoms with Crippen molar-refractivity contribution in [3.8, 4) is 0 Å². The molecule has 0 aliphatic heterocycles. The van der Waals surface area contributed by atoms with Crippen LogP contribution in [0, 0.1) is 11.8 Å². The van der Waals surface area contributed by atoms with Crippen molar-refractivity contribution in [2.45, 2.75) is 32.6 Å². The molecule has 2 amide bonds. The Kier molecular flexibility index (Phi) is 5.25. The van der Waals surface area contributed by atoms with Gasteiger partial charge in [-0.25, -0.2) is 4.79 Å². The van der Waals surface area contributed by atoms with Gasteiger partial charge in [0.05, 0.1) is 6.42 Å². The highest BCUT2D eigenvalue weighted by atomic mass is 16.4. The first kappa shape index (κ1) is 13.8. The molecular formula is C12H22N2O3. The summed E-state index contributed by atoms with van der Waals surface area (Å²) in [6.07, 6.45) is 3.66. The second kappa shape index (κ2) is 6.47. The smallest absolute Gasteiger partial charge is 0.317 e. The van der Waals surface area contributed by atoms with Crippen LogP contribution in [0.1, 0.15) is 32.6 Å². The molecule has 5 heteroatoms. The van der Waals surface area contributed by atoms with Gasteiger partial charge in [-0.2, -0.15) is 0 Å². The molecular weight excluding hydrogens is 220 g/mol. The number of carboxylic acids is 1. The van der Waals surface area contributed by atoms with Gasteiger partial charge in [0.25, 0.3) is 0 Å². The Hall–Kier alpha value is -1.26. The van der Waals surface area contributed by atoms with Gasteiger partial charge in [0.1, 0.15) is 0 Å². The summed E-state index contributed by atoms with van der Waals surface area (Å²) in [6.45, 7) is 3.18. The molecule has 0 aromatic heterocycles. The molecule has 1 fully saturated rings. The summed E-state index contributed by atoms with van der Waals surface area (Å²) in [5, 5.41) is 11.4. The molecule has 2 unspecified atom stereocenters. The number of aliphatic carboxylic acids is 1. The molecule has 0 spiro atoms. The van der Waals surface area contributed by atoms with E-state index in [4.69, 9.17) is 5.11 Å². The largest absolute Gasteiger partial charge is 0.481 e. The maximum atomic E-state index is 11.6. The van der Waals surface area contributed by atoms with Crippen LogP contribution >= 0.6 is 0 Å². The highest BCUT2D eigenvalue weighted by Crippen LogP contribution is 2.30. The average molecular weight is 242 g/mol. The molecule has 98 valence electrons. The van der Waals surface area contributed by atoms with Crippen LogP contribution in [0.15, 0.2) is 0 Å². The summed E-state index contributed by atoms with van der Waals surface area (Å²) in [5.74, 6) is 0.375. The Labute approximate surface area is 102 Å². The van der Waals surface area contributed by atoms with E-state index in [1.807, 2.05) is 0 Å². The molecule has 17 heavy (non-hydrogen) atoms. The minimum absolute atomic E-state index is 0.0102. The third-order valence-electron chi connectivity index (χ3n) is 3.56.